The minimum absolute atomic E-state index is 0.177. The molecule has 0 unspecified atom stereocenters. The van der Waals surface area contributed by atoms with Crippen molar-refractivity contribution in [1.29, 1.82) is 0 Å². The Morgan fingerprint density at radius 2 is 2.06 bits per heavy atom. The molecule has 17 heavy (non-hydrogen) atoms. The molecule has 2 aromatic heterocycles. The SMILES string of the molecule is CCC(CC)Oc1nn2c(N)nnc2cc1C. The molecule has 0 amide bonds. The summed E-state index contributed by atoms with van der Waals surface area (Å²) in [6.07, 6.45) is 2.08. The molecule has 0 saturated heterocycles. The zero-order valence-electron chi connectivity index (χ0n) is 10.3. The maximum Gasteiger partial charge on any atom is 0.243 e. The van der Waals surface area contributed by atoms with Crippen LogP contribution in [0.3, 0.4) is 0 Å². The van der Waals surface area contributed by atoms with Crippen molar-refractivity contribution < 1.29 is 4.74 Å². The second kappa shape index (κ2) is 4.57. The molecule has 6 heteroatoms. The van der Waals surface area contributed by atoms with Gasteiger partial charge in [-0.25, -0.2) is 0 Å². The van der Waals surface area contributed by atoms with E-state index < -0.39 is 0 Å². The maximum atomic E-state index is 5.83. The van der Waals surface area contributed by atoms with E-state index in [1.807, 2.05) is 13.0 Å². The van der Waals surface area contributed by atoms with Gasteiger partial charge in [0.25, 0.3) is 0 Å². The van der Waals surface area contributed by atoms with Crippen LogP contribution in [0.1, 0.15) is 32.3 Å². The average molecular weight is 235 g/mol. The predicted molar refractivity (Wildman–Crippen MR) is 64.9 cm³/mol. The fraction of sp³-hybridized carbons (Fsp3) is 0.545. The van der Waals surface area contributed by atoms with Gasteiger partial charge in [-0.1, -0.05) is 13.8 Å². The predicted octanol–water partition coefficient (Wildman–Crippen LogP) is 1.58. The monoisotopic (exact) mass is 235 g/mol. The van der Waals surface area contributed by atoms with Crippen molar-refractivity contribution in [2.24, 2.45) is 0 Å². The van der Waals surface area contributed by atoms with Crippen molar-refractivity contribution in [3.8, 4) is 5.88 Å². The van der Waals surface area contributed by atoms with Crippen LogP contribution in [0.2, 0.25) is 0 Å². The molecule has 92 valence electrons. The quantitative estimate of drug-likeness (QED) is 0.870. The third-order valence-corrected chi connectivity index (χ3v) is 2.75. The Morgan fingerprint density at radius 3 is 2.71 bits per heavy atom. The first-order valence-electron chi connectivity index (χ1n) is 5.80. The van der Waals surface area contributed by atoms with Crippen LogP contribution in [-0.2, 0) is 0 Å². The van der Waals surface area contributed by atoms with Crippen LogP contribution < -0.4 is 10.5 Å². The molecule has 2 N–H and O–H groups in total. The van der Waals surface area contributed by atoms with E-state index in [0.29, 0.717) is 11.5 Å². The van der Waals surface area contributed by atoms with Gasteiger partial charge in [-0.2, -0.15) is 4.52 Å². The molecule has 0 spiro atoms. The van der Waals surface area contributed by atoms with Crippen LogP contribution >= 0.6 is 0 Å². The largest absolute Gasteiger partial charge is 0.473 e. The van der Waals surface area contributed by atoms with Gasteiger partial charge in [0, 0.05) is 5.56 Å². The molecule has 0 bridgehead atoms. The number of nitrogen functional groups attached to an aromatic ring is 1. The number of nitrogens with two attached hydrogens (primary N) is 1. The number of fused-ring (bicyclic) bond motifs is 1. The first-order chi connectivity index (χ1) is 8.15. The van der Waals surface area contributed by atoms with E-state index in [1.165, 1.54) is 4.52 Å². The highest BCUT2D eigenvalue weighted by Crippen LogP contribution is 2.19. The summed E-state index contributed by atoms with van der Waals surface area (Å²) in [4.78, 5) is 0. The highest BCUT2D eigenvalue weighted by Gasteiger charge is 2.12. The second-order valence-corrected chi connectivity index (χ2v) is 4.02. The van der Waals surface area contributed by atoms with Gasteiger partial charge in [0.05, 0.1) is 6.10 Å². The lowest BCUT2D eigenvalue weighted by Gasteiger charge is -2.16. The Hall–Kier alpha value is -1.85. The Kier molecular flexibility index (Phi) is 3.12. The molecule has 0 fully saturated rings. The fourth-order valence-electron chi connectivity index (χ4n) is 1.65. The molecule has 0 atom stereocenters. The molecule has 2 aromatic rings. The second-order valence-electron chi connectivity index (χ2n) is 4.02. The minimum atomic E-state index is 0.177. The number of aromatic nitrogens is 4. The smallest absolute Gasteiger partial charge is 0.243 e. The number of ether oxygens (including phenoxy) is 1. The number of anilines is 1. The summed E-state index contributed by atoms with van der Waals surface area (Å²) in [6.45, 7) is 6.12. The Bertz CT molecular complexity index is 518. The van der Waals surface area contributed by atoms with Crippen molar-refractivity contribution in [1.82, 2.24) is 19.8 Å². The van der Waals surface area contributed by atoms with Gasteiger partial charge < -0.3 is 10.5 Å². The lowest BCUT2D eigenvalue weighted by molar-refractivity contribution is 0.181. The Balaban J connectivity index is 2.39. The van der Waals surface area contributed by atoms with E-state index in [-0.39, 0.29) is 12.1 Å². The number of hydrogen-bond donors (Lipinski definition) is 1. The first-order valence-corrected chi connectivity index (χ1v) is 5.80. The maximum absolute atomic E-state index is 5.83. The number of aryl methyl sites for hydroxylation is 1. The highest BCUT2D eigenvalue weighted by atomic mass is 16.5. The third kappa shape index (κ3) is 2.15. The van der Waals surface area contributed by atoms with Gasteiger partial charge >= 0.3 is 0 Å². The molecular weight excluding hydrogens is 218 g/mol. The molecule has 0 radical (unpaired) electrons. The van der Waals surface area contributed by atoms with E-state index in [0.717, 1.165) is 18.4 Å². The van der Waals surface area contributed by atoms with E-state index in [1.54, 1.807) is 0 Å². The van der Waals surface area contributed by atoms with E-state index in [4.69, 9.17) is 10.5 Å². The van der Waals surface area contributed by atoms with Gasteiger partial charge in [0.1, 0.15) is 0 Å². The molecule has 0 aromatic carbocycles. The minimum Gasteiger partial charge on any atom is -0.473 e. The van der Waals surface area contributed by atoms with Crippen molar-refractivity contribution in [3.63, 3.8) is 0 Å². The summed E-state index contributed by atoms with van der Waals surface area (Å²) in [6, 6.07) is 1.87. The highest BCUT2D eigenvalue weighted by molar-refractivity contribution is 5.46. The molecule has 0 aliphatic heterocycles. The Morgan fingerprint density at radius 1 is 1.35 bits per heavy atom. The third-order valence-electron chi connectivity index (χ3n) is 2.75. The van der Waals surface area contributed by atoms with Crippen LogP contribution in [0.5, 0.6) is 5.88 Å². The summed E-state index contributed by atoms with van der Waals surface area (Å²) in [5.74, 6) is 0.868. The molecule has 0 aliphatic carbocycles. The summed E-state index contributed by atoms with van der Waals surface area (Å²) < 4.78 is 7.32. The lowest BCUT2D eigenvalue weighted by Crippen LogP contribution is -2.16. The molecule has 6 nitrogen and oxygen atoms in total. The van der Waals surface area contributed by atoms with Crippen LogP contribution in [0.4, 0.5) is 5.95 Å². The van der Waals surface area contributed by atoms with E-state index in [2.05, 4.69) is 29.1 Å². The molecule has 2 heterocycles. The fourth-order valence-corrected chi connectivity index (χ4v) is 1.65. The van der Waals surface area contributed by atoms with Gasteiger partial charge in [0.2, 0.25) is 11.8 Å². The van der Waals surface area contributed by atoms with Gasteiger partial charge in [-0.15, -0.1) is 15.3 Å². The molecule has 0 aliphatic rings. The zero-order chi connectivity index (χ0) is 12.4. The Labute approximate surface area is 99.8 Å². The lowest BCUT2D eigenvalue weighted by atomic mass is 10.2. The van der Waals surface area contributed by atoms with E-state index >= 15 is 0 Å². The molecule has 0 saturated carbocycles. The van der Waals surface area contributed by atoms with Crippen molar-refractivity contribution in [3.05, 3.63) is 11.6 Å². The topological polar surface area (TPSA) is 78.3 Å². The number of hydrogen-bond acceptors (Lipinski definition) is 5. The van der Waals surface area contributed by atoms with Gasteiger partial charge in [-0.05, 0) is 25.8 Å². The van der Waals surface area contributed by atoms with Gasteiger partial charge in [0.15, 0.2) is 5.65 Å². The van der Waals surface area contributed by atoms with Crippen molar-refractivity contribution in [2.75, 3.05) is 5.73 Å². The average Bonchev–Trinajstić information content (AvgIpc) is 2.67. The number of nitrogens with zero attached hydrogens (tertiary/aromatic N) is 4. The molecular formula is C11H17N5O. The molecule has 2 rings (SSSR count). The van der Waals surface area contributed by atoms with Crippen LogP contribution in [0, 0.1) is 6.92 Å². The zero-order valence-corrected chi connectivity index (χ0v) is 10.3. The van der Waals surface area contributed by atoms with Crippen molar-refractivity contribution >= 4 is 11.6 Å². The summed E-state index contributed by atoms with van der Waals surface area (Å²) in [5, 5.41) is 12.0. The standard InChI is InChI=1S/C11H17N5O/c1-4-8(5-2)17-10-7(3)6-9-13-14-11(12)16(9)15-10/h6,8H,4-5H2,1-3H3,(H2,12,14). The summed E-state index contributed by atoms with van der Waals surface area (Å²) in [5.41, 5.74) is 7.24. The van der Waals surface area contributed by atoms with E-state index in [9.17, 15) is 0 Å². The van der Waals surface area contributed by atoms with Crippen molar-refractivity contribution in [2.45, 2.75) is 39.7 Å². The van der Waals surface area contributed by atoms with Crippen LogP contribution in [-0.4, -0.2) is 25.9 Å². The number of rotatable bonds is 4. The first kappa shape index (κ1) is 11.6. The van der Waals surface area contributed by atoms with Gasteiger partial charge in [-0.3, -0.25) is 0 Å². The summed E-state index contributed by atoms with van der Waals surface area (Å²) >= 11 is 0. The van der Waals surface area contributed by atoms with Crippen LogP contribution in [0.25, 0.3) is 5.65 Å². The summed E-state index contributed by atoms with van der Waals surface area (Å²) in [7, 11) is 0. The normalized spacial score (nSPS) is 11.3. The van der Waals surface area contributed by atoms with Crippen LogP contribution in [0.15, 0.2) is 6.07 Å².